The van der Waals surface area contributed by atoms with Crippen LogP contribution in [0.1, 0.15) is 35.7 Å². The van der Waals surface area contributed by atoms with Crippen LogP contribution in [0.2, 0.25) is 0 Å². The third kappa shape index (κ3) is 4.54. The fourth-order valence-electron chi connectivity index (χ4n) is 3.21. The van der Waals surface area contributed by atoms with Gasteiger partial charge in [-0.25, -0.2) is 12.8 Å². The topological polar surface area (TPSA) is 66.5 Å². The second-order valence-electron chi connectivity index (χ2n) is 6.91. The summed E-state index contributed by atoms with van der Waals surface area (Å²) in [4.78, 5) is 12.4. The molecule has 1 aliphatic rings. The molecule has 3 rings (SSSR count). The summed E-state index contributed by atoms with van der Waals surface area (Å²) in [5.74, 6) is -0.416. The zero-order chi connectivity index (χ0) is 19.4. The molecule has 1 saturated heterocycles. The predicted octanol–water partition coefficient (Wildman–Crippen LogP) is 3.18. The van der Waals surface area contributed by atoms with Crippen molar-refractivity contribution in [2.45, 2.75) is 31.2 Å². The number of hydrogen-bond donors (Lipinski definition) is 1. The number of carbonyl (C=O) groups excluding carboxylic acids is 1. The van der Waals surface area contributed by atoms with Crippen molar-refractivity contribution >= 4 is 15.9 Å². The van der Waals surface area contributed by atoms with Gasteiger partial charge in [0.15, 0.2) is 0 Å². The molecule has 27 heavy (non-hydrogen) atoms. The summed E-state index contributed by atoms with van der Waals surface area (Å²) in [6.07, 6.45) is 1.89. The second-order valence-corrected chi connectivity index (χ2v) is 8.85. The Hall–Kier alpha value is -2.25. The zero-order valence-electron chi connectivity index (χ0n) is 15.2. The lowest BCUT2D eigenvalue weighted by Crippen LogP contribution is -2.39. The van der Waals surface area contributed by atoms with Gasteiger partial charge in [-0.1, -0.05) is 25.1 Å². The molecule has 1 aliphatic heterocycles. The van der Waals surface area contributed by atoms with E-state index in [2.05, 4.69) is 5.32 Å². The number of sulfonamides is 1. The van der Waals surface area contributed by atoms with Crippen LogP contribution in [0.25, 0.3) is 0 Å². The summed E-state index contributed by atoms with van der Waals surface area (Å²) in [7, 11) is -3.55. The summed E-state index contributed by atoms with van der Waals surface area (Å²) in [6.45, 7) is 3.16. The Morgan fingerprint density at radius 1 is 1.19 bits per heavy atom. The third-order valence-electron chi connectivity index (χ3n) is 4.77. The molecule has 0 saturated carbocycles. The lowest BCUT2D eigenvalue weighted by molar-refractivity contribution is 0.0950. The Morgan fingerprint density at radius 3 is 2.56 bits per heavy atom. The van der Waals surface area contributed by atoms with Crippen molar-refractivity contribution in [3.05, 3.63) is 65.5 Å². The van der Waals surface area contributed by atoms with Crippen LogP contribution in [0.3, 0.4) is 0 Å². The first kappa shape index (κ1) is 19.5. The molecule has 1 amide bonds. The van der Waals surface area contributed by atoms with E-state index in [1.165, 1.54) is 34.6 Å². The molecule has 0 bridgehead atoms. The quantitative estimate of drug-likeness (QED) is 0.853. The predicted molar refractivity (Wildman–Crippen MR) is 101 cm³/mol. The molecule has 1 heterocycles. The molecule has 1 fully saturated rings. The van der Waals surface area contributed by atoms with Crippen molar-refractivity contribution in [1.82, 2.24) is 9.62 Å². The second kappa shape index (κ2) is 8.19. The van der Waals surface area contributed by atoms with Gasteiger partial charge in [0.2, 0.25) is 10.0 Å². The highest BCUT2D eigenvalue weighted by Crippen LogP contribution is 2.23. The minimum Gasteiger partial charge on any atom is -0.348 e. The molecule has 1 N–H and O–H groups in total. The van der Waals surface area contributed by atoms with E-state index in [-0.39, 0.29) is 23.2 Å². The van der Waals surface area contributed by atoms with Gasteiger partial charge in [0.1, 0.15) is 5.82 Å². The SMILES string of the molecule is CC1CCCN(S(=O)(=O)c2ccc(C(=O)NCc3ccccc3F)cc2)C1. The van der Waals surface area contributed by atoms with E-state index in [1.54, 1.807) is 18.2 Å². The number of rotatable bonds is 5. The molecule has 7 heteroatoms. The van der Waals surface area contributed by atoms with E-state index in [1.807, 2.05) is 6.92 Å². The molecule has 1 atom stereocenters. The first-order valence-electron chi connectivity index (χ1n) is 9.00. The van der Waals surface area contributed by atoms with Crippen LogP contribution in [0.15, 0.2) is 53.4 Å². The average molecular weight is 390 g/mol. The molecule has 5 nitrogen and oxygen atoms in total. The summed E-state index contributed by atoms with van der Waals surface area (Å²) in [6, 6.07) is 12.1. The van der Waals surface area contributed by atoms with E-state index in [9.17, 15) is 17.6 Å². The van der Waals surface area contributed by atoms with Crippen LogP contribution >= 0.6 is 0 Å². The summed E-state index contributed by atoms with van der Waals surface area (Å²) < 4.78 is 40.6. The maximum absolute atomic E-state index is 13.6. The molecule has 2 aromatic rings. The number of halogens is 1. The van der Waals surface area contributed by atoms with Gasteiger partial charge in [-0.15, -0.1) is 0 Å². The maximum Gasteiger partial charge on any atom is 0.251 e. The minimum atomic E-state index is -3.55. The fourth-order valence-corrected chi connectivity index (χ4v) is 4.81. The Morgan fingerprint density at radius 2 is 1.89 bits per heavy atom. The smallest absolute Gasteiger partial charge is 0.251 e. The summed E-state index contributed by atoms with van der Waals surface area (Å²) in [5, 5.41) is 2.64. The van der Waals surface area contributed by atoms with Gasteiger partial charge in [0.05, 0.1) is 4.90 Å². The molecule has 1 unspecified atom stereocenters. The number of carbonyl (C=O) groups is 1. The van der Waals surface area contributed by atoms with Gasteiger partial charge >= 0.3 is 0 Å². The van der Waals surface area contributed by atoms with Crippen molar-refractivity contribution in [2.75, 3.05) is 13.1 Å². The molecule has 0 spiro atoms. The van der Waals surface area contributed by atoms with Crippen molar-refractivity contribution in [3.8, 4) is 0 Å². The van der Waals surface area contributed by atoms with Gasteiger partial charge < -0.3 is 5.32 Å². The zero-order valence-corrected chi connectivity index (χ0v) is 16.0. The van der Waals surface area contributed by atoms with E-state index in [0.717, 1.165) is 12.8 Å². The van der Waals surface area contributed by atoms with E-state index < -0.39 is 10.0 Å². The van der Waals surface area contributed by atoms with E-state index >= 15 is 0 Å². The Kier molecular flexibility index (Phi) is 5.92. The van der Waals surface area contributed by atoms with Crippen molar-refractivity contribution in [1.29, 1.82) is 0 Å². The molecule has 0 aliphatic carbocycles. The molecular weight excluding hydrogens is 367 g/mol. The number of hydrogen-bond acceptors (Lipinski definition) is 3. The highest BCUT2D eigenvalue weighted by atomic mass is 32.2. The van der Waals surface area contributed by atoms with Crippen LogP contribution in [0, 0.1) is 11.7 Å². The Bertz CT molecular complexity index is 913. The lowest BCUT2D eigenvalue weighted by Gasteiger charge is -2.30. The van der Waals surface area contributed by atoms with Crippen LogP contribution in [0.5, 0.6) is 0 Å². The van der Waals surface area contributed by atoms with Gasteiger partial charge in [0.25, 0.3) is 5.91 Å². The molecule has 0 radical (unpaired) electrons. The largest absolute Gasteiger partial charge is 0.348 e. The van der Waals surface area contributed by atoms with Crippen LogP contribution in [-0.2, 0) is 16.6 Å². The maximum atomic E-state index is 13.6. The van der Waals surface area contributed by atoms with Gasteiger partial charge in [-0.2, -0.15) is 4.31 Å². The fraction of sp³-hybridized carbons (Fsp3) is 0.350. The molecule has 144 valence electrons. The molecule has 2 aromatic carbocycles. The average Bonchev–Trinajstić information content (AvgIpc) is 2.67. The first-order valence-corrected chi connectivity index (χ1v) is 10.4. The minimum absolute atomic E-state index is 0.0667. The summed E-state index contributed by atoms with van der Waals surface area (Å²) >= 11 is 0. The van der Waals surface area contributed by atoms with Crippen molar-refractivity contribution in [3.63, 3.8) is 0 Å². The Balaban J connectivity index is 1.67. The third-order valence-corrected chi connectivity index (χ3v) is 6.65. The number of benzene rings is 2. The van der Waals surface area contributed by atoms with E-state index in [4.69, 9.17) is 0 Å². The van der Waals surface area contributed by atoms with E-state index in [0.29, 0.717) is 30.1 Å². The van der Waals surface area contributed by atoms with Gasteiger partial charge in [-0.3, -0.25) is 4.79 Å². The highest BCUT2D eigenvalue weighted by molar-refractivity contribution is 7.89. The lowest BCUT2D eigenvalue weighted by atomic mass is 10.0. The van der Waals surface area contributed by atoms with Crippen LogP contribution in [-0.4, -0.2) is 31.7 Å². The normalized spacial score (nSPS) is 18.2. The first-order chi connectivity index (χ1) is 12.9. The number of piperidine rings is 1. The monoisotopic (exact) mass is 390 g/mol. The van der Waals surface area contributed by atoms with Gasteiger partial charge in [0, 0.05) is 30.8 Å². The van der Waals surface area contributed by atoms with Gasteiger partial charge in [-0.05, 0) is 49.1 Å². The Labute approximate surface area is 159 Å². The number of nitrogens with zero attached hydrogens (tertiary/aromatic N) is 1. The van der Waals surface area contributed by atoms with Crippen molar-refractivity contribution in [2.24, 2.45) is 5.92 Å². The standard InChI is InChI=1S/C20H23FN2O3S/c1-15-5-4-12-23(14-15)27(25,26)18-10-8-16(9-11-18)20(24)22-13-17-6-2-3-7-19(17)21/h2-3,6-11,15H,4-5,12-14H2,1H3,(H,22,24). The molecule has 0 aromatic heterocycles. The number of nitrogens with one attached hydrogen (secondary N) is 1. The van der Waals surface area contributed by atoms with Crippen LogP contribution < -0.4 is 5.32 Å². The molecular formula is C20H23FN2O3S. The number of amides is 1. The van der Waals surface area contributed by atoms with Crippen molar-refractivity contribution < 1.29 is 17.6 Å². The highest BCUT2D eigenvalue weighted by Gasteiger charge is 2.28. The summed E-state index contributed by atoms with van der Waals surface area (Å²) in [5.41, 5.74) is 0.724. The van der Waals surface area contributed by atoms with Crippen LogP contribution in [0.4, 0.5) is 4.39 Å².